The fraction of sp³-hybridized carbons (Fsp3) is 0.700. The maximum Gasteiger partial charge on any atom is 0.233 e. The monoisotopic (exact) mass is 182 g/mol. The molecule has 0 atom stereocenters. The highest BCUT2D eigenvalue weighted by Gasteiger charge is 1.97. The Hall–Kier alpha value is -1.01. The number of unbranched alkanes of at least 4 members (excludes halogenated alkanes) is 1. The van der Waals surface area contributed by atoms with Gasteiger partial charge in [-0.25, -0.2) is 0 Å². The molecule has 0 radical (unpaired) electrons. The van der Waals surface area contributed by atoms with Crippen LogP contribution < -0.4 is 10.6 Å². The van der Waals surface area contributed by atoms with Gasteiger partial charge < -0.3 is 10.6 Å². The smallest absolute Gasteiger partial charge is 0.233 e. The molecule has 0 spiro atoms. The van der Waals surface area contributed by atoms with E-state index in [1.165, 1.54) is 0 Å². The highest BCUT2D eigenvalue weighted by atomic mass is 16.1. The van der Waals surface area contributed by atoms with Gasteiger partial charge in [0, 0.05) is 13.0 Å². The molecule has 0 saturated heterocycles. The van der Waals surface area contributed by atoms with Crippen LogP contribution in [0.2, 0.25) is 0 Å². The number of amides is 1. The Balaban J connectivity index is 3.13. The first kappa shape index (κ1) is 12.0. The fourth-order valence-electron chi connectivity index (χ4n) is 0.844. The summed E-state index contributed by atoms with van der Waals surface area (Å²) in [6.45, 7) is 3.99. The molecular formula is C10H18N2O. The zero-order valence-corrected chi connectivity index (χ0v) is 8.23. The number of nitrogens with one attached hydrogen (secondary N) is 2. The summed E-state index contributed by atoms with van der Waals surface area (Å²) in [6, 6.07) is 0. The summed E-state index contributed by atoms with van der Waals surface area (Å²) >= 11 is 0. The second kappa shape index (κ2) is 9.08. The van der Waals surface area contributed by atoms with Crippen LogP contribution in [0.1, 0.15) is 26.2 Å². The molecule has 74 valence electrons. The van der Waals surface area contributed by atoms with E-state index >= 15 is 0 Å². The summed E-state index contributed by atoms with van der Waals surface area (Å²) in [4.78, 5) is 11.0. The maximum absolute atomic E-state index is 11.0. The molecule has 0 aromatic heterocycles. The summed E-state index contributed by atoms with van der Waals surface area (Å²) in [6.07, 6.45) is 7.75. The molecule has 1 amide bonds. The van der Waals surface area contributed by atoms with Crippen LogP contribution >= 0.6 is 0 Å². The van der Waals surface area contributed by atoms with Crippen LogP contribution in [0.3, 0.4) is 0 Å². The van der Waals surface area contributed by atoms with Crippen LogP contribution in [0.4, 0.5) is 0 Å². The molecule has 0 unspecified atom stereocenters. The normalized spacial score (nSPS) is 9.23. The highest BCUT2D eigenvalue weighted by Crippen LogP contribution is 1.81. The van der Waals surface area contributed by atoms with Crippen LogP contribution in [0.25, 0.3) is 0 Å². The van der Waals surface area contributed by atoms with Gasteiger partial charge in [-0.2, -0.15) is 0 Å². The van der Waals surface area contributed by atoms with Gasteiger partial charge in [-0.05, 0) is 19.4 Å². The molecule has 0 aliphatic rings. The number of rotatable bonds is 7. The average Bonchev–Trinajstić information content (AvgIpc) is 2.14. The number of hydrogen-bond acceptors (Lipinski definition) is 2. The Kier molecular flexibility index (Phi) is 8.38. The first-order valence-corrected chi connectivity index (χ1v) is 4.72. The average molecular weight is 182 g/mol. The van der Waals surface area contributed by atoms with Gasteiger partial charge in [0.1, 0.15) is 0 Å². The molecule has 0 saturated carbocycles. The van der Waals surface area contributed by atoms with Crippen molar-refractivity contribution in [1.82, 2.24) is 10.6 Å². The van der Waals surface area contributed by atoms with Crippen LogP contribution in [0, 0.1) is 12.3 Å². The predicted molar refractivity (Wildman–Crippen MR) is 54.2 cm³/mol. The molecular weight excluding hydrogens is 164 g/mol. The van der Waals surface area contributed by atoms with Crippen LogP contribution in [-0.4, -0.2) is 25.5 Å². The van der Waals surface area contributed by atoms with Crippen molar-refractivity contribution < 1.29 is 4.79 Å². The minimum absolute atomic E-state index is 0.0579. The molecule has 3 heteroatoms. The van der Waals surface area contributed by atoms with Crippen LogP contribution in [0.15, 0.2) is 0 Å². The van der Waals surface area contributed by atoms with E-state index in [1.807, 2.05) is 6.92 Å². The van der Waals surface area contributed by atoms with E-state index in [9.17, 15) is 4.79 Å². The summed E-state index contributed by atoms with van der Waals surface area (Å²) in [5.74, 6) is 2.61. The van der Waals surface area contributed by atoms with Crippen molar-refractivity contribution >= 4 is 5.91 Å². The largest absolute Gasteiger partial charge is 0.355 e. The van der Waals surface area contributed by atoms with E-state index in [2.05, 4.69) is 16.6 Å². The standard InChI is InChI=1S/C10H18N2O/c1-3-5-6-8-11-9-10(13)12-7-4-2/h1,11H,4-9H2,2H3,(H,12,13). The molecule has 3 nitrogen and oxygen atoms in total. The summed E-state index contributed by atoms with van der Waals surface area (Å²) in [5.41, 5.74) is 0. The lowest BCUT2D eigenvalue weighted by Gasteiger charge is -2.04. The number of hydrogen-bond donors (Lipinski definition) is 2. The minimum atomic E-state index is 0.0579. The van der Waals surface area contributed by atoms with Crippen molar-refractivity contribution in [3.63, 3.8) is 0 Å². The predicted octanol–water partition coefficient (Wildman–Crippen LogP) is 0.516. The van der Waals surface area contributed by atoms with E-state index in [0.29, 0.717) is 6.54 Å². The third kappa shape index (κ3) is 8.90. The van der Waals surface area contributed by atoms with Gasteiger partial charge in [-0.1, -0.05) is 6.92 Å². The zero-order valence-electron chi connectivity index (χ0n) is 8.23. The van der Waals surface area contributed by atoms with Gasteiger partial charge in [-0.15, -0.1) is 12.3 Å². The summed E-state index contributed by atoms with van der Waals surface area (Å²) in [7, 11) is 0. The van der Waals surface area contributed by atoms with E-state index in [4.69, 9.17) is 6.42 Å². The Morgan fingerprint density at radius 3 is 2.85 bits per heavy atom. The van der Waals surface area contributed by atoms with Crippen molar-refractivity contribution in [2.24, 2.45) is 0 Å². The number of carbonyl (C=O) groups excluding carboxylic acids is 1. The molecule has 0 heterocycles. The van der Waals surface area contributed by atoms with Crippen molar-refractivity contribution in [3.05, 3.63) is 0 Å². The SMILES string of the molecule is C#CCCCNCC(=O)NCCC. The molecule has 0 bridgehead atoms. The van der Waals surface area contributed by atoms with Crippen molar-refractivity contribution in [2.75, 3.05) is 19.6 Å². The first-order valence-electron chi connectivity index (χ1n) is 4.72. The lowest BCUT2D eigenvalue weighted by molar-refractivity contribution is -0.120. The van der Waals surface area contributed by atoms with Gasteiger partial charge >= 0.3 is 0 Å². The van der Waals surface area contributed by atoms with Crippen molar-refractivity contribution in [2.45, 2.75) is 26.2 Å². The molecule has 0 aliphatic heterocycles. The lowest BCUT2D eigenvalue weighted by Crippen LogP contribution is -2.34. The molecule has 0 aromatic rings. The number of carbonyl (C=O) groups is 1. The maximum atomic E-state index is 11.0. The third-order valence-electron chi connectivity index (χ3n) is 1.53. The fourth-order valence-corrected chi connectivity index (χ4v) is 0.844. The van der Waals surface area contributed by atoms with Gasteiger partial charge in [0.2, 0.25) is 5.91 Å². The first-order chi connectivity index (χ1) is 6.31. The second-order valence-corrected chi connectivity index (χ2v) is 2.83. The van der Waals surface area contributed by atoms with E-state index < -0.39 is 0 Å². The molecule has 0 fully saturated rings. The quantitative estimate of drug-likeness (QED) is 0.445. The Morgan fingerprint density at radius 2 is 2.23 bits per heavy atom. The third-order valence-corrected chi connectivity index (χ3v) is 1.53. The Morgan fingerprint density at radius 1 is 1.46 bits per heavy atom. The van der Waals surface area contributed by atoms with Crippen LogP contribution in [0.5, 0.6) is 0 Å². The Bertz CT molecular complexity index is 172. The minimum Gasteiger partial charge on any atom is -0.355 e. The van der Waals surface area contributed by atoms with E-state index in [1.54, 1.807) is 0 Å². The van der Waals surface area contributed by atoms with E-state index in [0.717, 1.165) is 32.4 Å². The molecule has 2 N–H and O–H groups in total. The van der Waals surface area contributed by atoms with Crippen LogP contribution in [-0.2, 0) is 4.79 Å². The highest BCUT2D eigenvalue weighted by molar-refractivity contribution is 5.77. The van der Waals surface area contributed by atoms with Crippen molar-refractivity contribution in [3.8, 4) is 12.3 Å². The summed E-state index contributed by atoms with van der Waals surface area (Å²) < 4.78 is 0. The molecule has 13 heavy (non-hydrogen) atoms. The van der Waals surface area contributed by atoms with Gasteiger partial charge in [0.25, 0.3) is 0 Å². The van der Waals surface area contributed by atoms with E-state index in [-0.39, 0.29) is 5.91 Å². The van der Waals surface area contributed by atoms with Gasteiger partial charge in [0.05, 0.1) is 6.54 Å². The molecule has 0 aromatic carbocycles. The molecule has 0 rings (SSSR count). The zero-order chi connectivity index (χ0) is 9.94. The van der Waals surface area contributed by atoms with Gasteiger partial charge in [-0.3, -0.25) is 4.79 Å². The van der Waals surface area contributed by atoms with Crippen molar-refractivity contribution in [1.29, 1.82) is 0 Å². The summed E-state index contributed by atoms with van der Waals surface area (Å²) in [5, 5.41) is 5.80. The lowest BCUT2D eigenvalue weighted by atomic mass is 10.3. The Labute approximate surface area is 80.3 Å². The second-order valence-electron chi connectivity index (χ2n) is 2.83. The van der Waals surface area contributed by atoms with Gasteiger partial charge in [0.15, 0.2) is 0 Å². The topological polar surface area (TPSA) is 41.1 Å². The molecule has 0 aliphatic carbocycles. The number of terminal acetylenes is 1.